The monoisotopic (exact) mass is 222 g/mol. The first-order valence-corrected chi connectivity index (χ1v) is 5.40. The van der Waals surface area contributed by atoms with Crippen LogP contribution in [-0.4, -0.2) is 29.7 Å². The van der Waals surface area contributed by atoms with Crippen molar-refractivity contribution in [3.8, 4) is 6.07 Å². The van der Waals surface area contributed by atoms with Crippen LogP contribution in [0, 0.1) is 11.3 Å². The summed E-state index contributed by atoms with van der Waals surface area (Å²) in [6, 6.07) is 2.12. The topological polar surface area (TPSA) is 53.3 Å². The van der Waals surface area contributed by atoms with E-state index in [9.17, 15) is 4.79 Å². The number of amides is 1. The summed E-state index contributed by atoms with van der Waals surface area (Å²) in [4.78, 5) is 13.4. The Morgan fingerprint density at radius 3 is 2.62 bits per heavy atom. The number of nitriles is 1. The van der Waals surface area contributed by atoms with Gasteiger partial charge in [0.15, 0.2) is 0 Å². The summed E-state index contributed by atoms with van der Waals surface area (Å²) in [5.74, 6) is 0. The van der Waals surface area contributed by atoms with E-state index in [1.165, 1.54) is 0 Å². The van der Waals surface area contributed by atoms with E-state index in [0.29, 0.717) is 18.7 Å². The minimum Gasteiger partial charge on any atom is -0.444 e. The maximum atomic E-state index is 11.7. The molecule has 0 aromatic heterocycles. The maximum Gasteiger partial charge on any atom is 0.410 e. The van der Waals surface area contributed by atoms with E-state index >= 15 is 0 Å². The molecule has 1 rings (SSSR count). The first kappa shape index (κ1) is 12.6. The van der Waals surface area contributed by atoms with E-state index in [4.69, 9.17) is 10.00 Å². The Morgan fingerprint density at radius 2 is 2.12 bits per heavy atom. The van der Waals surface area contributed by atoms with Crippen LogP contribution in [0.15, 0.2) is 11.1 Å². The Balaban J connectivity index is 2.62. The van der Waals surface area contributed by atoms with E-state index in [-0.39, 0.29) is 6.09 Å². The molecule has 0 bridgehead atoms. The number of hydrogen-bond acceptors (Lipinski definition) is 3. The van der Waals surface area contributed by atoms with Gasteiger partial charge in [0.1, 0.15) is 5.60 Å². The van der Waals surface area contributed by atoms with E-state index in [2.05, 4.69) is 6.07 Å². The highest BCUT2D eigenvalue weighted by Gasteiger charge is 2.27. The van der Waals surface area contributed by atoms with E-state index < -0.39 is 5.60 Å². The molecular formula is C12H18N2O2. The number of likely N-dealkylation sites (tertiary alicyclic amines) is 1. The van der Waals surface area contributed by atoms with Crippen LogP contribution in [0.4, 0.5) is 4.79 Å². The van der Waals surface area contributed by atoms with Gasteiger partial charge >= 0.3 is 6.09 Å². The molecule has 1 amide bonds. The second kappa shape index (κ2) is 4.56. The highest BCUT2D eigenvalue weighted by molar-refractivity contribution is 5.69. The van der Waals surface area contributed by atoms with Crippen LogP contribution in [0.5, 0.6) is 0 Å². The van der Waals surface area contributed by atoms with Crippen molar-refractivity contribution >= 4 is 6.09 Å². The zero-order valence-corrected chi connectivity index (χ0v) is 10.3. The molecule has 1 heterocycles. The quantitative estimate of drug-likeness (QED) is 0.591. The van der Waals surface area contributed by atoms with Gasteiger partial charge < -0.3 is 9.64 Å². The molecule has 0 N–H and O–H groups in total. The number of ether oxygens (including phenoxy) is 1. The lowest BCUT2D eigenvalue weighted by Gasteiger charge is -2.23. The second-order valence-electron chi connectivity index (χ2n) is 4.99. The molecular weight excluding hydrogens is 204 g/mol. The number of carbonyl (C=O) groups is 1. The van der Waals surface area contributed by atoms with Crippen molar-refractivity contribution in [2.45, 2.75) is 39.7 Å². The van der Waals surface area contributed by atoms with Crippen LogP contribution in [-0.2, 0) is 4.74 Å². The Labute approximate surface area is 96.5 Å². The summed E-state index contributed by atoms with van der Waals surface area (Å²) in [5.41, 5.74) is 1.29. The zero-order valence-electron chi connectivity index (χ0n) is 10.3. The Bertz CT molecular complexity index is 358. The molecule has 0 aliphatic carbocycles. The molecule has 0 atom stereocenters. The zero-order chi connectivity index (χ0) is 12.3. The van der Waals surface area contributed by atoms with Gasteiger partial charge in [0.05, 0.1) is 6.07 Å². The van der Waals surface area contributed by atoms with Crippen molar-refractivity contribution < 1.29 is 9.53 Å². The highest BCUT2D eigenvalue weighted by Crippen LogP contribution is 2.21. The van der Waals surface area contributed by atoms with Crippen LogP contribution < -0.4 is 0 Å². The number of carbonyl (C=O) groups excluding carboxylic acids is 1. The van der Waals surface area contributed by atoms with E-state index in [0.717, 1.165) is 12.0 Å². The third-order valence-electron chi connectivity index (χ3n) is 2.41. The smallest absolute Gasteiger partial charge is 0.410 e. The van der Waals surface area contributed by atoms with Crippen LogP contribution in [0.2, 0.25) is 0 Å². The summed E-state index contributed by atoms with van der Waals surface area (Å²) < 4.78 is 5.26. The molecule has 4 heteroatoms. The van der Waals surface area contributed by atoms with Crippen molar-refractivity contribution in [1.29, 1.82) is 5.26 Å². The molecule has 1 aliphatic rings. The molecule has 16 heavy (non-hydrogen) atoms. The summed E-state index contributed by atoms with van der Waals surface area (Å²) >= 11 is 0. The minimum atomic E-state index is -0.464. The number of nitrogens with zero attached hydrogens (tertiary/aromatic N) is 2. The molecule has 1 saturated heterocycles. The van der Waals surface area contributed by atoms with Crippen molar-refractivity contribution in [2.24, 2.45) is 0 Å². The largest absolute Gasteiger partial charge is 0.444 e. The van der Waals surface area contributed by atoms with Gasteiger partial charge in [-0.3, -0.25) is 0 Å². The van der Waals surface area contributed by atoms with Gasteiger partial charge in [-0.25, -0.2) is 4.79 Å². The lowest BCUT2D eigenvalue weighted by Crippen LogP contribution is -2.34. The van der Waals surface area contributed by atoms with Crippen LogP contribution in [0.3, 0.4) is 0 Å². The molecule has 1 fully saturated rings. The fraction of sp³-hybridized carbons (Fsp3) is 0.667. The number of hydrogen-bond donors (Lipinski definition) is 0. The summed E-state index contributed by atoms with van der Waals surface area (Å²) in [7, 11) is 0. The van der Waals surface area contributed by atoms with Gasteiger partial charge in [-0.05, 0) is 39.7 Å². The molecule has 0 aromatic rings. The lowest BCUT2D eigenvalue weighted by molar-refractivity contribution is 0.0299. The maximum absolute atomic E-state index is 11.7. The summed E-state index contributed by atoms with van der Waals surface area (Å²) in [5, 5.41) is 8.76. The van der Waals surface area contributed by atoms with Crippen LogP contribution in [0.1, 0.15) is 34.1 Å². The Morgan fingerprint density at radius 1 is 1.50 bits per heavy atom. The van der Waals surface area contributed by atoms with E-state index in [1.54, 1.807) is 11.8 Å². The van der Waals surface area contributed by atoms with Gasteiger partial charge in [0.2, 0.25) is 0 Å². The first-order valence-electron chi connectivity index (χ1n) is 5.40. The Kier molecular flexibility index (Phi) is 3.58. The highest BCUT2D eigenvalue weighted by atomic mass is 16.6. The number of rotatable bonds is 0. The number of allylic oxidation sites excluding steroid dienone is 1. The molecule has 0 radical (unpaired) electrons. The predicted molar refractivity (Wildman–Crippen MR) is 60.7 cm³/mol. The predicted octanol–water partition coefficient (Wildman–Crippen LogP) is 2.47. The Hall–Kier alpha value is -1.50. The van der Waals surface area contributed by atoms with Gasteiger partial charge in [0, 0.05) is 18.7 Å². The van der Waals surface area contributed by atoms with Crippen LogP contribution >= 0.6 is 0 Å². The van der Waals surface area contributed by atoms with Gasteiger partial charge in [-0.2, -0.15) is 5.26 Å². The average Bonchev–Trinajstić information content (AvgIpc) is 2.62. The lowest BCUT2D eigenvalue weighted by atomic mass is 10.1. The van der Waals surface area contributed by atoms with Gasteiger partial charge in [-0.1, -0.05) is 0 Å². The third-order valence-corrected chi connectivity index (χ3v) is 2.41. The molecule has 0 spiro atoms. The first-order chi connectivity index (χ1) is 7.33. The standard InChI is InChI=1S/C12H18N2O2/c1-9(7-13)10-5-6-14(8-10)11(15)16-12(2,3)4/h5-6,8H2,1-4H3/b10-9+. The molecule has 0 unspecified atom stereocenters. The van der Waals surface area contributed by atoms with Crippen molar-refractivity contribution in [2.75, 3.05) is 13.1 Å². The minimum absolute atomic E-state index is 0.298. The molecule has 0 aromatic carbocycles. The van der Waals surface area contributed by atoms with Crippen molar-refractivity contribution in [1.82, 2.24) is 4.90 Å². The van der Waals surface area contributed by atoms with Crippen molar-refractivity contribution in [3.63, 3.8) is 0 Å². The molecule has 88 valence electrons. The fourth-order valence-electron chi connectivity index (χ4n) is 1.53. The third kappa shape index (κ3) is 3.27. The molecule has 1 aliphatic heterocycles. The van der Waals surface area contributed by atoms with Crippen molar-refractivity contribution in [3.05, 3.63) is 11.1 Å². The van der Waals surface area contributed by atoms with Gasteiger partial charge in [-0.15, -0.1) is 0 Å². The van der Waals surface area contributed by atoms with E-state index in [1.807, 2.05) is 20.8 Å². The summed E-state index contributed by atoms with van der Waals surface area (Å²) in [6.45, 7) is 8.49. The molecule has 4 nitrogen and oxygen atoms in total. The fourth-order valence-corrected chi connectivity index (χ4v) is 1.53. The molecule has 0 saturated carbocycles. The average molecular weight is 222 g/mol. The second-order valence-corrected chi connectivity index (χ2v) is 4.99. The summed E-state index contributed by atoms with van der Waals surface area (Å²) in [6.07, 6.45) is 0.478. The normalized spacial score (nSPS) is 19.3. The SMILES string of the molecule is C/C(C#N)=C1/CCN(C(=O)OC(C)(C)C)C1. The van der Waals surface area contributed by atoms with Gasteiger partial charge in [0.25, 0.3) is 0 Å². The van der Waals surface area contributed by atoms with Crippen LogP contribution in [0.25, 0.3) is 0 Å².